The highest BCUT2D eigenvalue weighted by molar-refractivity contribution is 6.32. The van der Waals surface area contributed by atoms with Gasteiger partial charge in [-0.05, 0) is 12.5 Å². The molecular weight excluding hydrogens is 226 g/mol. The number of hydrogen-bond acceptors (Lipinski definition) is 3. The van der Waals surface area contributed by atoms with E-state index < -0.39 is 0 Å². The standard InChI is InChI=1S/C12H16ClNO2/c1-3-5-10-11(14-15-2)8-6-4-7-9(13)12(8)16-10/h4,6-7,10-11,14H,3,5H2,1-2H3. The van der Waals surface area contributed by atoms with Crippen molar-refractivity contribution in [3.05, 3.63) is 28.8 Å². The van der Waals surface area contributed by atoms with Crippen molar-refractivity contribution in [2.24, 2.45) is 0 Å². The highest BCUT2D eigenvalue weighted by atomic mass is 35.5. The molecule has 1 aliphatic rings. The number of halogens is 1. The lowest BCUT2D eigenvalue weighted by Crippen LogP contribution is -2.30. The first-order valence-electron chi connectivity index (χ1n) is 5.51. The summed E-state index contributed by atoms with van der Waals surface area (Å²) in [7, 11) is 1.62. The van der Waals surface area contributed by atoms with Crippen LogP contribution < -0.4 is 10.2 Å². The minimum Gasteiger partial charge on any atom is -0.486 e. The summed E-state index contributed by atoms with van der Waals surface area (Å²) in [5, 5.41) is 0.666. The van der Waals surface area contributed by atoms with Crippen molar-refractivity contribution in [1.29, 1.82) is 0 Å². The fourth-order valence-corrected chi connectivity index (χ4v) is 2.32. The Hall–Kier alpha value is -0.770. The Labute approximate surface area is 101 Å². The third-order valence-corrected chi connectivity index (χ3v) is 3.09. The van der Waals surface area contributed by atoms with Gasteiger partial charge in [-0.25, -0.2) is 0 Å². The van der Waals surface area contributed by atoms with Crippen LogP contribution in [0.5, 0.6) is 5.75 Å². The van der Waals surface area contributed by atoms with Crippen molar-refractivity contribution in [2.75, 3.05) is 7.11 Å². The summed E-state index contributed by atoms with van der Waals surface area (Å²) in [6.07, 6.45) is 2.14. The van der Waals surface area contributed by atoms with Crippen molar-refractivity contribution >= 4 is 11.6 Å². The zero-order valence-corrected chi connectivity index (χ0v) is 10.3. The largest absolute Gasteiger partial charge is 0.486 e. The summed E-state index contributed by atoms with van der Waals surface area (Å²) in [4.78, 5) is 5.03. The van der Waals surface area contributed by atoms with E-state index >= 15 is 0 Å². The van der Waals surface area contributed by atoms with Gasteiger partial charge in [0, 0.05) is 5.56 Å². The molecule has 0 radical (unpaired) electrons. The van der Waals surface area contributed by atoms with Crippen LogP contribution in [-0.2, 0) is 4.84 Å². The highest BCUT2D eigenvalue weighted by Crippen LogP contribution is 2.42. The van der Waals surface area contributed by atoms with Gasteiger partial charge < -0.3 is 9.57 Å². The fraction of sp³-hybridized carbons (Fsp3) is 0.500. The molecule has 0 aromatic heterocycles. The van der Waals surface area contributed by atoms with Gasteiger partial charge in [0.05, 0.1) is 18.2 Å². The van der Waals surface area contributed by atoms with E-state index in [1.54, 1.807) is 7.11 Å². The molecule has 0 saturated carbocycles. The van der Waals surface area contributed by atoms with E-state index in [9.17, 15) is 0 Å². The van der Waals surface area contributed by atoms with Crippen molar-refractivity contribution in [1.82, 2.24) is 5.48 Å². The summed E-state index contributed by atoms with van der Waals surface area (Å²) in [6.45, 7) is 2.14. The lowest BCUT2D eigenvalue weighted by Gasteiger charge is -2.18. The van der Waals surface area contributed by atoms with Crippen molar-refractivity contribution < 1.29 is 9.57 Å². The Kier molecular flexibility index (Phi) is 3.69. The quantitative estimate of drug-likeness (QED) is 0.822. The molecule has 0 aliphatic carbocycles. The predicted octanol–water partition coefficient (Wildman–Crippen LogP) is 3.09. The number of rotatable bonds is 4. The maximum Gasteiger partial charge on any atom is 0.143 e. The lowest BCUT2D eigenvalue weighted by molar-refractivity contribution is 0.0269. The van der Waals surface area contributed by atoms with E-state index in [0.717, 1.165) is 24.2 Å². The number of hydrogen-bond donors (Lipinski definition) is 1. The minimum absolute atomic E-state index is 0.0682. The number of fused-ring (bicyclic) bond motifs is 1. The first-order chi connectivity index (χ1) is 7.77. The number of benzene rings is 1. The Morgan fingerprint density at radius 1 is 1.50 bits per heavy atom. The van der Waals surface area contributed by atoms with Crippen molar-refractivity contribution in [3.63, 3.8) is 0 Å². The second-order valence-corrected chi connectivity index (χ2v) is 4.31. The number of hydroxylamine groups is 1. The Morgan fingerprint density at radius 3 is 3.00 bits per heavy atom. The molecule has 1 N–H and O–H groups in total. The molecule has 2 unspecified atom stereocenters. The van der Waals surface area contributed by atoms with Gasteiger partial charge in [-0.2, -0.15) is 5.48 Å². The second-order valence-electron chi connectivity index (χ2n) is 3.90. The van der Waals surface area contributed by atoms with Crippen LogP contribution in [0.25, 0.3) is 0 Å². The van der Waals surface area contributed by atoms with Gasteiger partial charge >= 0.3 is 0 Å². The van der Waals surface area contributed by atoms with Crippen LogP contribution in [-0.4, -0.2) is 13.2 Å². The van der Waals surface area contributed by atoms with E-state index in [-0.39, 0.29) is 12.1 Å². The zero-order valence-electron chi connectivity index (χ0n) is 9.50. The lowest BCUT2D eigenvalue weighted by atomic mass is 10.0. The Balaban J connectivity index is 2.29. The van der Waals surface area contributed by atoms with Crippen LogP contribution in [0.1, 0.15) is 31.4 Å². The molecule has 88 valence electrons. The number of nitrogens with one attached hydrogen (secondary N) is 1. The highest BCUT2D eigenvalue weighted by Gasteiger charge is 2.34. The van der Waals surface area contributed by atoms with Crippen LogP contribution in [0.3, 0.4) is 0 Å². The SMILES string of the molecule is CCCC1Oc2c(Cl)cccc2C1NOC. The summed E-state index contributed by atoms with van der Waals surface area (Å²) in [6, 6.07) is 5.87. The Bertz CT molecular complexity index is 370. The van der Waals surface area contributed by atoms with Gasteiger partial charge in [-0.3, -0.25) is 0 Å². The third-order valence-electron chi connectivity index (χ3n) is 2.79. The maximum absolute atomic E-state index is 6.11. The van der Waals surface area contributed by atoms with E-state index in [2.05, 4.69) is 12.4 Å². The zero-order chi connectivity index (χ0) is 11.5. The summed E-state index contributed by atoms with van der Waals surface area (Å²) >= 11 is 6.11. The molecule has 3 nitrogen and oxygen atoms in total. The predicted molar refractivity (Wildman–Crippen MR) is 63.7 cm³/mol. The molecule has 2 rings (SSSR count). The second kappa shape index (κ2) is 5.04. The van der Waals surface area contributed by atoms with Gasteiger partial charge in [0.2, 0.25) is 0 Å². The van der Waals surface area contributed by atoms with E-state index in [4.69, 9.17) is 21.2 Å². The molecular formula is C12H16ClNO2. The molecule has 0 saturated heterocycles. The van der Waals surface area contributed by atoms with E-state index in [0.29, 0.717) is 5.02 Å². The number of ether oxygens (including phenoxy) is 1. The molecule has 1 aliphatic heterocycles. The molecule has 4 heteroatoms. The summed E-state index contributed by atoms with van der Waals surface area (Å²) in [5.41, 5.74) is 4.06. The van der Waals surface area contributed by atoms with Gasteiger partial charge in [0.1, 0.15) is 11.9 Å². The van der Waals surface area contributed by atoms with Gasteiger partial charge in [0.25, 0.3) is 0 Å². The average Bonchev–Trinajstić information content (AvgIpc) is 2.61. The van der Waals surface area contributed by atoms with Gasteiger partial charge in [-0.15, -0.1) is 0 Å². The first-order valence-corrected chi connectivity index (χ1v) is 5.89. The van der Waals surface area contributed by atoms with Crippen LogP contribution in [0.4, 0.5) is 0 Å². The van der Waals surface area contributed by atoms with Crippen LogP contribution in [0.2, 0.25) is 5.02 Å². The molecule has 1 heterocycles. The topological polar surface area (TPSA) is 30.5 Å². The number of para-hydroxylation sites is 1. The summed E-state index contributed by atoms with van der Waals surface area (Å²) < 4.78 is 5.87. The molecule has 0 amide bonds. The smallest absolute Gasteiger partial charge is 0.143 e. The van der Waals surface area contributed by atoms with Crippen molar-refractivity contribution in [3.8, 4) is 5.75 Å². The van der Waals surface area contributed by atoms with Crippen LogP contribution in [0, 0.1) is 0 Å². The fourth-order valence-electron chi connectivity index (χ4n) is 2.09. The minimum atomic E-state index is 0.0682. The summed E-state index contributed by atoms with van der Waals surface area (Å²) in [5.74, 6) is 0.789. The first kappa shape index (κ1) is 11.7. The van der Waals surface area contributed by atoms with Crippen LogP contribution >= 0.6 is 11.6 Å². The van der Waals surface area contributed by atoms with E-state index in [1.165, 1.54) is 0 Å². The van der Waals surface area contributed by atoms with Gasteiger partial charge in [0.15, 0.2) is 0 Å². The van der Waals surface area contributed by atoms with E-state index in [1.807, 2.05) is 18.2 Å². The molecule has 0 fully saturated rings. The Morgan fingerprint density at radius 2 is 2.31 bits per heavy atom. The molecule has 1 aromatic carbocycles. The molecule has 0 spiro atoms. The van der Waals surface area contributed by atoms with Gasteiger partial charge in [-0.1, -0.05) is 37.1 Å². The normalized spacial score (nSPS) is 22.9. The molecule has 16 heavy (non-hydrogen) atoms. The molecule has 1 aromatic rings. The van der Waals surface area contributed by atoms with Crippen LogP contribution in [0.15, 0.2) is 18.2 Å². The van der Waals surface area contributed by atoms with Crippen molar-refractivity contribution in [2.45, 2.75) is 31.9 Å². The molecule has 0 bridgehead atoms. The maximum atomic E-state index is 6.11. The third kappa shape index (κ3) is 2.03. The monoisotopic (exact) mass is 241 g/mol. The molecule has 2 atom stereocenters. The average molecular weight is 242 g/mol.